The Morgan fingerprint density at radius 3 is 2.40 bits per heavy atom. The summed E-state index contributed by atoms with van der Waals surface area (Å²) in [7, 11) is 1.64. The lowest BCUT2D eigenvalue weighted by Gasteiger charge is -2.16. The van der Waals surface area contributed by atoms with E-state index in [2.05, 4.69) is 21.3 Å². The average Bonchev–Trinajstić information content (AvgIpc) is 2.38. The molecule has 1 atom stereocenters. The summed E-state index contributed by atoms with van der Waals surface area (Å²) in [5.74, 6) is -0.473. The smallest absolute Gasteiger partial charge is 0.312 e. The van der Waals surface area contributed by atoms with Crippen LogP contribution in [-0.2, 0) is 9.59 Å². The van der Waals surface area contributed by atoms with Gasteiger partial charge in [0.1, 0.15) is 0 Å². The second-order valence-electron chi connectivity index (χ2n) is 4.10. The molecular weight excluding hydrogens is 282 g/mol. The first-order chi connectivity index (χ1) is 9.36. The van der Waals surface area contributed by atoms with E-state index in [1.165, 1.54) is 6.92 Å². The zero-order valence-corrected chi connectivity index (χ0v) is 12.4. The van der Waals surface area contributed by atoms with E-state index in [9.17, 15) is 14.4 Å². The van der Waals surface area contributed by atoms with Gasteiger partial charge in [-0.1, -0.05) is 0 Å². The van der Waals surface area contributed by atoms with E-state index in [-0.39, 0.29) is 18.2 Å². The molecule has 20 heavy (non-hydrogen) atoms. The molecule has 0 fully saturated rings. The van der Waals surface area contributed by atoms with Gasteiger partial charge in [0.15, 0.2) is 10.9 Å². The number of ketones is 1. The SMILES string of the molecule is CNC(=S)NCC(=O)N[C@@H](CCCNC(N)=O)C(C)=O. The minimum Gasteiger partial charge on any atom is -0.366 e. The lowest BCUT2D eigenvalue weighted by molar-refractivity contribution is -0.126. The van der Waals surface area contributed by atoms with Crippen molar-refractivity contribution in [1.82, 2.24) is 21.3 Å². The summed E-state index contributed by atoms with van der Waals surface area (Å²) in [5.41, 5.74) is 4.92. The first kappa shape index (κ1) is 18.1. The molecule has 0 aromatic rings. The van der Waals surface area contributed by atoms with Gasteiger partial charge in [0.05, 0.1) is 12.6 Å². The van der Waals surface area contributed by atoms with Gasteiger partial charge in [-0.05, 0) is 32.0 Å². The van der Waals surface area contributed by atoms with E-state index >= 15 is 0 Å². The number of rotatable bonds is 8. The van der Waals surface area contributed by atoms with Crippen molar-refractivity contribution in [2.24, 2.45) is 5.73 Å². The van der Waals surface area contributed by atoms with Crippen molar-refractivity contribution < 1.29 is 14.4 Å². The van der Waals surface area contributed by atoms with Gasteiger partial charge in [0, 0.05) is 13.6 Å². The maximum atomic E-state index is 11.6. The molecule has 0 spiro atoms. The van der Waals surface area contributed by atoms with Crippen LogP contribution in [0.2, 0.25) is 0 Å². The Morgan fingerprint density at radius 1 is 1.25 bits per heavy atom. The lowest BCUT2D eigenvalue weighted by atomic mass is 10.1. The van der Waals surface area contributed by atoms with Gasteiger partial charge in [0.2, 0.25) is 5.91 Å². The van der Waals surface area contributed by atoms with E-state index in [0.29, 0.717) is 24.5 Å². The van der Waals surface area contributed by atoms with Crippen LogP contribution in [0.3, 0.4) is 0 Å². The van der Waals surface area contributed by atoms with E-state index < -0.39 is 12.1 Å². The van der Waals surface area contributed by atoms with Crippen molar-refractivity contribution >= 4 is 35.1 Å². The second kappa shape index (κ2) is 9.96. The fourth-order valence-electron chi connectivity index (χ4n) is 1.39. The number of carbonyl (C=O) groups is 3. The van der Waals surface area contributed by atoms with Crippen LogP contribution in [0, 0.1) is 0 Å². The van der Waals surface area contributed by atoms with Gasteiger partial charge in [-0.2, -0.15) is 0 Å². The highest BCUT2D eigenvalue weighted by Crippen LogP contribution is 1.98. The van der Waals surface area contributed by atoms with Gasteiger partial charge in [-0.3, -0.25) is 9.59 Å². The van der Waals surface area contributed by atoms with Gasteiger partial charge in [-0.25, -0.2) is 4.79 Å². The number of thiocarbonyl (C=S) groups is 1. The summed E-state index contributed by atoms with van der Waals surface area (Å²) >= 11 is 4.83. The molecule has 8 nitrogen and oxygen atoms in total. The maximum absolute atomic E-state index is 11.6. The third-order valence-corrected chi connectivity index (χ3v) is 2.78. The van der Waals surface area contributed by atoms with Crippen LogP contribution in [0.1, 0.15) is 19.8 Å². The molecule has 0 aliphatic rings. The maximum Gasteiger partial charge on any atom is 0.312 e. The zero-order valence-electron chi connectivity index (χ0n) is 11.6. The van der Waals surface area contributed by atoms with E-state index in [1.54, 1.807) is 7.05 Å². The number of Topliss-reactive ketones (excluding diaryl/α,β-unsaturated/α-hetero) is 1. The Balaban J connectivity index is 4.06. The molecule has 0 saturated heterocycles. The van der Waals surface area contributed by atoms with Gasteiger partial charge in [-0.15, -0.1) is 0 Å². The number of amides is 3. The minimum absolute atomic E-state index is 0.0109. The standard InChI is InChI=1S/C11H21N5O3S/c1-7(17)8(4-3-5-14-10(12)19)16-9(18)6-15-11(20)13-2/h8H,3-6H2,1-2H3,(H,16,18)(H3,12,14,19)(H2,13,15,20)/t8-/m0/s1. The van der Waals surface area contributed by atoms with Crippen LogP contribution in [0.4, 0.5) is 4.79 Å². The lowest BCUT2D eigenvalue weighted by Crippen LogP contribution is -2.46. The van der Waals surface area contributed by atoms with Crippen LogP contribution in [0.5, 0.6) is 0 Å². The zero-order chi connectivity index (χ0) is 15.5. The highest BCUT2D eigenvalue weighted by molar-refractivity contribution is 7.80. The topological polar surface area (TPSA) is 125 Å². The highest BCUT2D eigenvalue weighted by atomic mass is 32.1. The number of nitrogens with one attached hydrogen (secondary N) is 4. The number of urea groups is 1. The number of primary amides is 1. The van der Waals surface area contributed by atoms with Gasteiger partial charge >= 0.3 is 6.03 Å². The predicted octanol–water partition coefficient (Wildman–Crippen LogP) is -1.40. The van der Waals surface area contributed by atoms with Crippen molar-refractivity contribution in [3.8, 4) is 0 Å². The first-order valence-electron chi connectivity index (χ1n) is 6.15. The summed E-state index contributed by atoms with van der Waals surface area (Å²) in [5, 5.41) is 10.7. The molecule has 0 rings (SSSR count). The fourth-order valence-corrected chi connectivity index (χ4v) is 1.46. The van der Waals surface area contributed by atoms with Crippen molar-refractivity contribution in [1.29, 1.82) is 0 Å². The number of carbonyl (C=O) groups excluding carboxylic acids is 3. The summed E-state index contributed by atoms with van der Waals surface area (Å²) in [6, 6.07) is -1.19. The first-order valence-corrected chi connectivity index (χ1v) is 6.56. The number of hydrogen-bond donors (Lipinski definition) is 5. The molecule has 0 unspecified atom stereocenters. The molecule has 0 aliphatic heterocycles. The molecule has 6 N–H and O–H groups in total. The molecule has 0 aromatic carbocycles. The summed E-state index contributed by atoms with van der Waals surface area (Å²) in [6.07, 6.45) is 0.966. The van der Waals surface area contributed by atoms with Crippen molar-refractivity contribution in [3.63, 3.8) is 0 Å². The van der Waals surface area contributed by atoms with Crippen LogP contribution in [-0.4, -0.2) is 49.0 Å². The quantitative estimate of drug-likeness (QED) is 0.277. The Labute approximate surface area is 123 Å². The van der Waals surface area contributed by atoms with Crippen LogP contribution in [0.25, 0.3) is 0 Å². The summed E-state index contributed by atoms with van der Waals surface area (Å²) < 4.78 is 0. The molecule has 114 valence electrons. The van der Waals surface area contributed by atoms with E-state index in [1.807, 2.05) is 0 Å². The highest BCUT2D eigenvalue weighted by Gasteiger charge is 2.16. The molecule has 0 bridgehead atoms. The summed E-state index contributed by atoms with van der Waals surface area (Å²) in [4.78, 5) is 33.5. The van der Waals surface area contributed by atoms with Crippen molar-refractivity contribution in [2.45, 2.75) is 25.8 Å². The third-order valence-electron chi connectivity index (χ3n) is 2.43. The Kier molecular flexibility index (Phi) is 9.01. The molecule has 0 heterocycles. The monoisotopic (exact) mass is 303 g/mol. The molecule has 0 aromatic heterocycles. The van der Waals surface area contributed by atoms with Crippen LogP contribution < -0.4 is 27.0 Å². The average molecular weight is 303 g/mol. The molecular formula is C11H21N5O3S. The summed E-state index contributed by atoms with van der Waals surface area (Å²) in [6.45, 7) is 1.75. The number of hydrogen-bond acceptors (Lipinski definition) is 4. The number of nitrogens with two attached hydrogens (primary N) is 1. The fraction of sp³-hybridized carbons (Fsp3) is 0.636. The van der Waals surface area contributed by atoms with Crippen molar-refractivity contribution in [3.05, 3.63) is 0 Å². The van der Waals surface area contributed by atoms with E-state index in [0.717, 1.165) is 0 Å². The molecule has 0 radical (unpaired) electrons. The largest absolute Gasteiger partial charge is 0.366 e. The van der Waals surface area contributed by atoms with Crippen LogP contribution in [0.15, 0.2) is 0 Å². The second-order valence-corrected chi connectivity index (χ2v) is 4.50. The molecule has 3 amide bonds. The van der Waals surface area contributed by atoms with Gasteiger partial charge in [0.25, 0.3) is 0 Å². The normalized spacial score (nSPS) is 11.1. The third kappa shape index (κ3) is 9.09. The Morgan fingerprint density at radius 2 is 1.90 bits per heavy atom. The Hall–Kier alpha value is -1.90. The molecule has 0 saturated carbocycles. The van der Waals surface area contributed by atoms with E-state index in [4.69, 9.17) is 18.0 Å². The van der Waals surface area contributed by atoms with Gasteiger partial charge < -0.3 is 27.0 Å². The molecule has 9 heteroatoms. The Bertz CT molecular complexity index is 375. The predicted molar refractivity (Wildman–Crippen MR) is 79.1 cm³/mol. The van der Waals surface area contributed by atoms with Crippen LogP contribution >= 0.6 is 12.2 Å². The molecule has 0 aliphatic carbocycles. The van der Waals surface area contributed by atoms with Crippen molar-refractivity contribution in [2.75, 3.05) is 20.1 Å². The minimum atomic E-state index is -0.613.